The van der Waals surface area contributed by atoms with Crippen molar-refractivity contribution in [2.75, 3.05) is 5.32 Å². The summed E-state index contributed by atoms with van der Waals surface area (Å²) in [5.41, 5.74) is 0.665. The van der Waals surface area contributed by atoms with E-state index >= 15 is 0 Å². The van der Waals surface area contributed by atoms with Gasteiger partial charge in [0.15, 0.2) is 0 Å². The van der Waals surface area contributed by atoms with Crippen molar-refractivity contribution in [3.8, 4) is 0 Å². The smallest absolute Gasteiger partial charge is 0.338 e. The molecule has 2 N–H and O–H groups in total. The van der Waals surface area contributed by atoms with E-state index < -0.39 is 23.2 Å². The molecule has 0 aliphatic heterocycles. The Bertz CT molecular complexity index is 691. The molecular weight excluding hydrogens is 300 g/mol. The van der Waals surface area contributed by atoms with Gasteiger partial charge < -0.3 is 10.4 Å². The molecule has 2 aromatic carbocycles. The van der Waals surface area contributed by atoms with Crippen LogP contribution in [0.5, 0.6) is 0 Å². The highest BCUT2D eigenvalue weighted by Crippen LogP contribution is 2.27. The van der Waals surface area contributed by atoms with Crippen molar-refractivity contribution in [3.63, 3.8) is 0 Å². The minimum atomic E-state index is -1.34. The second-order valence-corrected chi connectivity index (χ2v) is 4.94. The molecule has 0 heterocycles. The van der Waals surface area contributed by atoms with E-state index in [9.17, 15) is 13.6 Å². The van der Waals surface area contributed by atoms with Gasteiger partial charge in [0, 0.05) is 16.8 Å². The predicted octanol–water partition coefficient (Wildman–Crippen LogP) is 4.49. The van der Waals surface area contributed by atoms with Crippen LogP contribution >= 0.6 is 11.6 Å². The number of hydrogen-bond donors (Lipinski definition) is 2. The maximum absolute atomic E-state index is 13.3. The third-order valence-corrected chi connectivity index (χ3v) is 3.34. The topological polar surface area (TPSA) is 49.3 Å². The highest BCUT2D eigenvalue weighted by atomic mass is 35.5. The third-order valence-electron chi connectivity index (χ3n) is 3.01. The van der Waals surface area contributed by atoms with Gasteiger partial charge in [0.05, 0.1) is 5.56 Å². The van der Waals surface area contributed by atoms with Gasteiger partial charge in [-0.15, -0.1) is 0 Å². The van der Waals surface area contributed by atoms with Gasteiger partial charge in [-0.2, -0.15) is 0 Å². The fraction of sp³-hybridized carbons (Fsp3) is 0.133. The van der Waals surface area contributed by atoms with Crippen LogP contribution in [-0.4, -0.2) is 11.1 Å². The number of benzene rings is 2. The number of carbonyl (C=O) groups is 1. The molecule has 0 amide bonds. The fourth-order valence-electron chi connectivity index (χ4n) is 1.96. The van der Waals surface area contributed by atoms with E-state index in [0.717, 1.165) is 6.07 Å². The number of hydrogen-bond acceptors (Lipinski definition) is 2. The minimum Gasteiger partial charge on any atom is -0.478 e. The first kappa shape index (κ1) is 15.3. The first-order chi connectivity index (χ1) is 9.88. The molecule has 1 unspecified atom stereocenters. The molecule has 2 aromatic rings. The molecule has 0 aliphatic carbocycles. The summed E-state index contributed by atoms with van der Waals surface area (Å²) in [6.45, 7) is 1.78. The van der Waals surface area contributed by atoms with Gasteiger partial charge in [-0.3, -0.25) is 0 Å². The van der Waals surface area contributed by atoms with E-state index in [1.54, 1.807) is 6.92 Å². The summed E-state index contributed by atoms with van der Waals surface area (Å²) in [5, 5.41) is 12.1. The molecule has 0 aliphatic rings. The van der Waals surface area contributed by atoms with Crippen molar-refractivity contribution < 1.29 is 18.7 Å². The van der Waals surface area contributed by atoms with Gasteiger partial charge in [-0.25, -0.2) is 13.6 Å². The highest BCUT2D eigenvalue weighted by molar-refractivity contribution is 6.31. The summed E-state index contributed by atoms with van der Waals surface area (Å²) in [4.78, 5) is 10.9. The molecular formula is C15H12ClF2NO2. The van der Waals surface area contributed by atoms with Crippen molar-refractivity contribution >= 4 is 23.3 Å². The zero-order valence-corrected chi connectivity index (χ0v) is 11.8. The van der Waals surface area contributed by atoms with E-state index in [1.807, 2.05) is 0 Å². The molecule has 6 heteroatoms. The lowest BCUT2D eigenvalue weighted by molar-refractivity contribution is 0.0692. The quantitative estimate of drug-likeness (QED) is 0.874. The predicted molar refractivity (Wildman–Crippen MR) is 76.8 cm³/mol. The van der Waals surface area contributed by atoms with Crippen LogP contribution in [0.2, 0.25) is 5.02 Å². The van der Waals surface area contributed by atoms with Crippen LogP contribution in [0.1, 0.15) is 28.9 Å². The maximum Gasteiger partial charge on any atom is 0.338 e. The Morgan fingerprint density at radius 3 is 2.57 bits per heavy atom. The number of rotatable bonds is 4. The summed E-state index contributed by atoms with van der Waals surface area (Å²) >= 11 is 5.96. The number of nitrogens with one attached hydrogen (secondary N) is 1. The van der Waals surface area contributed by atoms with E-state index in [-0.39, 0.29) is 11.1 Å². The summed E-state index contributed by atoms with van der Waals surface area (Å²) < 4.78 is 26.3. The third kappa shape index (κ3) is 3.49. The van der Waals surface area contributed by atoms with Gasteiger partial charge in [0.25, 0.3) is 0 Å². The Hall–Kier alpha value is -2.14. The van der Waals surface area contributed by atoms with Gasteiger partial charge in [-0.05, 0) is 42.8 Å². The maximum atomic E-state index is 13.3. The number of aromatic carboxylic acids is 1. The summed E-state index contributed by atoms with van der Waals surface area (Å²) in [6, 6.07) is 7.42. The number of carboxylic acids is 1. The van der Waals surface area contributed by atoms with Crippen molar-refractivity contribution in [1.29, 1.82) is 0 Å². The Kier molecular flexibility index (Phi) is 4.43. The van der Waals surface area contributed by atoms with Crippen molar-refractivity contribution in [1.82, 2.24) is 0 Å². The molecule has 0 aromatic heterocycles. The first-order valence-corrected chi connectivity index (χ1v) is 6.50. The number of carboxylic acid groups (broad SMARTS) is 1. The van der Waals surface area contributed by atoms with E-state index in [1.165, 1.54) is 30.3 Å². The van der Waals surface area contributed by atoms with Crippen LogP contribution in [0.15, 0.2) is 36.4 Å². The molecule has 21 heavy (non-hydrogen) atoms. The Morgan fingerprint density at radius 2 is 1.95 bits per heavy atom. The molecule has 0 radical (unpaired) electrons. The van der Waals surface area contributed by atoms with Crippen LogP contribution in [0.3, 0.4) is 0 Å². The van der Waals surface area contributed by atoms with Crippen molar-refractivity contribution in [2.24, 2.45) is 0 Å². The van der Waals surface area contributed by atoms with Gasteiger partial charge in [-0.1, -0.05) is 17.7 Å². The molecule has 0 saturated carbocycles. The SMILES string of the molecule is CC(Nc1ccc(F)c(C(=O)O)c1)c1ccc(F)cc1Cl. The minimum absolute atomic E-state index is 0.260. The lowest BCUT2D eigenvalue weighted by Crippen LogP contribution is -2.09. The summed E-state index contributed by atoms with van der Waals surface area (Å²) in [5.74, 6) is -2.59. The lowest BCUT2D eigenvalue weighted by Gasteiger charge is -2.17. The van der Waals surface area contributed by atoms with Crippen LogP contribution in [-0.2, 0) is 0 Å². The van der Waals surface area contributed by atoms with Gasteiger partial charge in [0.2, 0.25) is 0 Å². The second-order valence-electron chi connectivity index (χ2n) is 4.53. The van der Waals surface area contributed by atoms with Crippen LogP contribution in [0, 0.1) is 11.6 Å². The monoisotopic (exact) mass is 311 g/mol. The molecule has 0 bridgehead atoms. The standard InChI is InChI=1S/C15H12ClF2NO2/c1-8(11-4-2-9(17)6-13(11)16)19-10-3-5-14(18)12(7-10)15(20)21/h2-8,19H,1H3,(H,20,21). The van der Waals surface area contributed by atoms with E-state index in [2.05, 4.69) is 5.32 Å². The van der Waals surface area contributed by atoms with Crippen molar-refractivity contribution in [3.05, 3.63) is 64.2 Å². The van der Waals surface area contributed by atoms with Crippen LogP contribution < -0.4 is 5.32 Å². The normalized spacial score (nSPS) is 12.0. The molecule has 2 rings (SSSR count). The molecule has 3 nitrogen and oxygen atoms in total. The van der Waals surface area contributed by atoms with Gasteiger partial charge in [0.1, 0.15) is 11.6 Å². The zero-order valence-electron chi connectivity index (χ0n) is 11.0. The molecule has 0 saturated heterocycles. The lowest BCUT2D eigenvalue weighted by atomic mass is 10.1. The second kappa shape index (κ2) is 6.10. The Morgan fingerprint density at radius 1 is 1.24 bits per heavy atom. The van der Waals surface area contributed by atoms with E-state index in [0.29, 0.717) is 11.3 Å². The Balaban J connectivity index is 2.25. The van der Waals surface area contributed by atoms with Crippen molar-refractivity contribution in [2.45, 2.75) is 13.0 Å². The molecule has 1 atom stereocenters. The fourth-order valence-corrected chi connectivity index (χ4v) is 2.29. The summed E-state index contributed by atoms with van der Waals surface area (Å²) in [6.07, 6.45) is 0. The molecule has 0 spiro atoms. The number of halogens is 3. The highest BCUT2D eigenvalue weighted by Gasteiger charge is 2.14. The molecule has 0 fully saturated rings. The van der Waals surface area contributed by atoms with Crippen LogP contribution in [0.4, 0.5) is 14.5 Å². The van der Waals surface area contributed by atoms with Gasteiger partial charge >= 0.3 is 5.97 Å². The average molecular weight is 312 g/mol. The largest absolute Gasteiger partial charge is 0.478 e. The first-order valence-electron chi connectivity index (χ1n) is 6.13. The molecule has 110 valence electrons. The zero-order chi connectivity index (χ0) is 15.6. The van der Waals surface area contributed by atoms with E-state index in [4.69, 9.17) is 16.7 Å². The summed E-state index contributed by atoms with van der Waals surface area (Å²) in [7, 11) is 0. The number of anilines is 1. The van der Waals surface area contributed by atoms with Crippen LogP contribution in [0.25, 0.3) is 0 Å². The Labute approximate surface area is 125 Å². The average Bonchev–Trinajstić information content (AvgIpc) is 2.40.